The lowest BCUT2D eigenvalue weighted by molar-refractivity contribution is -0.422. The van der Waals surface area contributed by atoms with Gasteiger partial charge in [0.2, 0.25) is 11.8 Å². The minimum Gasteiger partial charge on any atom is -0.490 e. The van der Waals surface area contributed by atoms with Crippen molar-refractivity contribution in [2.24, 2.45) is 0 Å². The molecule has 0 aliphatic carbocycles. The first-order valence-corrected chi connectivity index (χ1v) is 9.00. The number of benzene rings is 1. The molecule has 1 aromatic rings. The highest BCUT2D eigenvalue weighted by molar-refractivity contribution is 5.59. The molecule has 0 aromatic heterocycles. The number of ether oxygens (including phenoxy) is 1. The van der Waals surface area contributed by atoms with Crippen LogP contribution in [0.15, 0.2) is 18.2 Å². The van der Waals surface area contributed by atoms with Gasteiger partial charge in [-0.05, 0) is 26.0 Å². The molecule has 11 heteroatoms. The fraction of sp³-hybridized carbons (Fsp3) is 0.647. The summed E-state index contributed by atoms with van der Waals surface area (Å²) in [5.74, 6) is -4.56. The summed E-state index contributed by atoms with van der Waals surface area (Å²) in [6, 6.07) is 4.18. The van der Waals surface area contributed by atoms with Gasteiger partial charge in [-0.15, -0.1) is 0 Å². The number of β-amino-alcohol motifs (C(OH)–C–C–N with tert-alkyl or cyclic N) is 4. The average Bonchev–Trinajstić information content (AvgIpc) is 2.59. The number of nitro groups is 1. The van der Waals surface area contributed by atoms with Gasteiger partial charge in [-0.25, -0.2) is 0 Å². The van der Waals surface area contributed by atoms with Crippen LogP contribution >= 0.6 is 0 Å². The average molecular weight is 398 g/mol. The number of nitrogens with zero attached hydrogens (tertiary/aromatic N) is 4. The van der Waals surface area contributed by atoms with Gasteiger partial charge in [0.05, 0.1) is 25.1 Å². The van der Waals surface area contributed by atoms with Crippen molar-refractivity contribution in [1.29, 1.82) is 0 Å². The summed E-state index contributed by atoms with van der Waals surface area (Å²) in [7, 11) is 2.94. The number of hydrogen-bond donors (Lipinski definition) is 4. The number of aliphatic hydroxyl groups is 4. The van der Waals surface area contributed by atoms with Crippen molar-refractivity contribution in [1.82, 2.24) is 9.80 Å². The van der Waals surface area contributed by atoms with Crippen LogP contribution in [-0.4, -0.2) is 93.3 Å². The highest BCUT2D eigenvalue weighted by atomic mass is 16.6. The van der Waals surface area contributed by atoms with Crippen LogP contribution in [-0.2, 0) is 0 Å². The number of anilines is 1. The molecule has 1 aromatic carbocycles. The van der Waals surface area contributed by atoms with E-state index in [1.807, 2.05) is 4.90 Å². The molecule has 2 fully saturated rings. The fourth-order valence-corrected chi connectivity index (χ4v) is 4.20. The van der Waals surface area contributed by atoms with Crippen LogP contribution in [0, 0.1) is 10.1 Å². The van der Waals surface area contributed by atoms with Gasteiger partial charge in [0, 0.05) is 37.0 Å². The van der Waals surface area contributed by atoms with E-state index in [1.165, 1.54) is 18.1 Å². The molecule has 4 N–H and O–H groups in total. The maximum absolute atomic E-state index is 11.0. The van der Waals surface area contributed by atoms with Crippen LogP contribution in [0.2, 0.25) is 0 Å². The van der Waals surface area contributed by atoms with Crippen molar-refractivity contribution in [2.75, 3.05) is 45.2 Å². The molecule has 0 unspecified atom stereocenters. The Hall–Kier alpha value is -2.02. The molecule has 2 aliphatic heterocycles. The highest BCUT2D eigenvalue weighted by Gasteiger charge is 2.54. The Morgan fingerprint density at radius 3 is 2.21 bits per heavy atom. The lowest BCUT2D eigenvalue weighted by Gasteiger charge is -2.54. The SMILES string of the molecule is COc1cc(N2CCC(N3C(O)(O)CN(C)CC3(O)O)CC2)ccc1[N+](=O)[O-]. The molecule has 2 saturated heterocycles. The van der Waals surface area contributed by atoms with E-state index in [1.54, 1.807) is 19.2 Å². The Labute approximate surface area is 162 Å². The Balaban J connectivity index is 1.73. The minimum absolute atomic E-state index is 0.116. The standard InChI is InChI=1S/C17H26N4O7/c1-18-10-16(22,23)20(17(24,25)11-18)12-5-7-19(8-6-12)13-3-4-14(21(26)27)15(9-13)28-2/h3-4,9,12,22-25H,5-8,10-11H2,1-2H3. The molecule has 156 valence electrons. The summed E-state index contributed by atoms with van der Waals surface area (Å²) in [5.41, 5.74) is 0.632. The van der Waals surface area contributed by atoms with Crippen molar-refractivity contribution in [2.45, 2.75) is 30.7 Å². The molecule has 11 nitrogen and oxygen atoms in total. The Morgan fingerprint density at radius 1 is 1.14 bits per heavy atom. The molecule has 0 saturated carbocycles. The number of piperidine rings is 1. The third-order valence-electron chi connectivity index (χ3n) is 5.29. The van der Waals surface area contributed by atoms with E-state index in [9.17, 15) is 30.5 Å². The maximum Gasteiger partial charge on any atom is 0.311 e. The maximum atomic E-state index is 11.0. The van der Waals surface area contributed by atoms with Gasteiger partial charge >= 0.3 is 5.69 Å². The minimum atomic E-state index is -2.36. The van der Waals surface area contributed by atoms with Crippen molar-refractivity contribution >= 4 is 11.4 Å². The molecule has 0 atom stereocenters. The summed E-state index contributed by atoms with van der Waals surface area (Å²) in [6.45, 7) is 0.750. The molecular formula is C17H26N4O7. The number of hydrogen-bond acceptors (Lipinski definition) is 10. The Bertz CT molecular complexity index is 716. The van der Waals surface area contributed by atoms with Gasteiger partial charge in [-0.1, -0.05) is 0 Å². The van der Waals surface area contributed by atoms with Crippen LogP contribution in [0.25, 0.3) is 0 Å². The number of methoxy groups -OCH3 is 1. The van der Waals surface area contributed by atoms with Crippen molar-refractivity contribution in [3.63, 3.8) is 0 Å². The van der Waals surface area contributed by atoms with Crippen LogP contribution < -0.4 is 9.64 Å². The molecule has 2 aliphatic rings. The van der Waals surface area contributed by atoms with Crippen LogP contribution in [0.1, 0.15) is 12.8 Å². The lowest BCUT2D eigenvalue weighted by Crippen LogP contribution is -2.75. The molecule has 28 heavy (non-hydrogen) atoms. The second-order valence-electron chi connectivity index (χ2n) is 7.42. The molecule has 2 heterocycles. The second kappa shape index (κ2) is 7.43. The summed E-state index contributed by atoms with van der Waals surface area (Å²) >= 11 is 0. The van der Waals surface area contributed by atoms with E-state index >= 15 is 0 Å². The third-order valence-corrected chi connectivity index (χ3v) is 5.29. The summed E-state index contributed by atoms with van der Waals surface area (Å²) in [4.78, 5) is 14.9. The Morgan fingerprint density at radius 2 is 1.71 bits per heavy atom. The second-order valence-corrected chi connectivity index (χ2v) is 7.42. The van der Waals surface area contributed by atoms with Gasteiger partial charge < -0.3 is 30.1 Å². The summed E-state index contributed by atoms with van der Waals surface area (Å²) < 4.78 is 5.11. The number of nitro benzene ring substituents is 1. The predicted octanol–water partition coefficient (Wildman–Crippen LogP) is -0.904. The van der Waals surface area contributed by atoms with E-state index in [0.29, 0.717) is 25.9 Å². The summed E-state index contributed by atoms with van der Waals surface area (Å²) in [6.07, 6.45) is 0.906. The first-order valence-electron chi connectivity index (χ1n) is 9.00. The van der Waals surface area contributed by atoms with E-state index in [4.69, 9.17) is 4.74 Å². The zero-order valence-electron chi connectivity index (χ0n) is 15.9. The zero-order chi connectivity index (χ0) is 20.7. The van der Waals surface area contributed by atoms with Gasteiger partial charge in [0.25, 0.3) is 0 Å². The predicted molar refractivity (Wildman–Crippen MR) is 98.6 cm³/mol. The third kappa shape index (κ3) is 3.90. The van der Waals surface area contributed by atoms with Gasteiger partial charge in [-0.2, -0.15) is 4.90 Å². The first-order chi connectivity index (χ1) is 13.0. The molecular weight excluding hydrogens is 372 g/mol. The molecule has 0 radical (unpaired) electrons. The smallest absolute Gasteiger partial charge is 0.311 e. The monoisotopic (exact) mass is 398 g/mol. The largest absolute Gasteiger partial charge is 0.490 e. The number of rotatable bonds is 4. The van der Waals surface area contributed by atoms with Crippen LogP contribution in [0.5, 0.6) is 5.75 Å². The first kappa shape index (κ1) is 20.7. The zero-order valence-corrected chi connectivity index (χ0v) is 15.9. The van der Waals surface area contributed by atoms with Gasteiger partial charge in [0.15, 0.2) is 5.75 Å². The normalized spacial score (nSPS) is 23.6. The molecule has 3 rings (SSSR count). The Kier molecular flexibility index (Phi) is 5.49. The van der Waals surface area contributed by atoms with Crippen molar-refractivity contribution in [3.8, 4) is 5.75 Å². The number of likely N-dealkylation sites (N-methyl/N-ethyl adjacent to an activating group) is 1. The fourth-order valence-electron chi connectivity index (χ4n) is 4.20. The molecule has 0 bridgehead atoms. The quantitative estimate of drug-likeness (QED) is 0.286. The van der Waals surface area contributed by atoms with Crippen LogP contribution in [0.4, 0.5) is 11.4 Å². The van der Waals surface area contributed by atoms with Crippen LogP contribution in [0.3, 0.4) is 0 Å². The van der Waals surface area contributed by atoms with Crippen molar-refractivity contribution in [3.05, 3.63) is 28.3 Å². The van der Waals surface area contributed by atoms with E-state index in [-0.39, 0.29) is 24.5 Å². The molecule has 0 spiro atoms. The van der Waals surface area contributed by atoms with Gasteiger partial charge in [0.1, 0.15) is 0 Å². The molecule has 0 amide bonds. The lowest BCUT2D eigenvalue weighted by atomic mass is 9.99. The van der Waals surface area contributed by atoms with E-state index in [0.717, 1.165) is 10.6 Å². The topological polar surface area (TPSA) is 143 Å². The highest BCUT2D eigenvalue weighted by Crippen LogP contribution is 2.35. The van der Waals surface area contributed by atoms with E-state index in [2.05, 4.69) is 0 Å². The number of piperazine rings is 1. The van der Waals surface area contributed by atoms with E-state index < -0.39 is 22.8 Å². The van der Waals surface area contributed by atoms with Crippen molar-refractivity contribution < 1.29 is 30.1 Å². The van der Waals surface area contributed by atoms with Gasteiger partial charge in [-0.3, -0.25) is 15.0 Å². The summed E-state index contributed by atoms with van der Waals surface area (Å²) in [5, 5.41) is 52.4.